The molecule has 1 aromatic carbocycles. The molecule has 0 atom stereocenters. The minimum Gasteiger partial charge on any atom is -0.493 e. The largest absolute Gasteiger partial charge is 0.493 e. The van der Waals surface area contributed by atoms with Gasteiger partial charge < -0.3 is 14.3 Å². The lowest BCUT2D eigenvalue weighted by Gasteiger charge is -2.19. The molecule has 0 aliphatic rings. The van der Waals surface area contributed by atoms with E-state index in [0.717, 1.165) is 54.9 Å². The lowest BCUT2D eigenvalue weighted by Crippen LogP contribution is -2.06. The Labute approximate surface area is 186 Å². The van der Waals surface area contributed by atoms with Crippen LogP contribution in [0, 0.1) is 0 Å². The molecule has 29 heavy (non-hydrogen) atoms. The fourth-order valence-corrected chi connectivity index (χ4v) is 2.93. The number of hydrogen-bond donors (Lipinski definition) is 0. The zero-order chi connectivity index (χ0) is 21.6. The predicted molar refractivity (Wildman–Crippen MR) is 124 cm³/mol. The second-order valence-corrected chi connectivity index (χ2v) is 8.46. The van der Waals surface area contributed by atoms with E-state index in [4.69, 9.17) is 37.5 Å². The van der Waals surface area contributed by atoms with Gasteiger partial charge in [0.1, 0.15) is 29.2 Å². The van der Waals surface area contributed by atoms with Gasteiger partial charge in [0.2, 0.25) is 0 Å². The van der Waals surface area contributed by atoms with Gasteiger partial charge >= 0.3 is 0 Å². The van der Waals surface area contributed by atoms with Gasteiger partial charge in [-0.3, -0.25) is 0 Å². The molecule has 4 nitrogen and oxygen atoms in total. The van der Waals surface area contributed by atoms with E-state index in [1.807, 2.05) is 19.9 Å². The predicted octanol–water partition coefficient (Wildman–Crippen LogP) is 7.42. The monoisotopic (exact) mass is 443 g/mol. The van der Waals surface area contributed by atoms with E-state index in [-0.39, 0.29) is 4.49 Å². The number of nitrogens with zero attached hydrogens (tertiary/aromatic N) is 1. The van der Waals surface area contributed by atoms with Gasteiger partial charge in [0, 0.05) is 5.56 Å². The van der Waals surface area contributed by atoms with Crippen LogP contribution in [0.4, 0.5) is 0 Å². The zero-order valence-electron chi connectivity index (χ0n) is 18.4. The van der Waals surface area contributed by atoms with Crippen LogP contribution in [0.15, 0.2) is 27.9 Å². The van der Waals surface area contributed by atoms with Gasteiger partial charge in [-0.25, -0.2) is 0 Å². The maximum Gasteiger partial charge on any atom is 0.126 e. The summed E-state index contributed by atoms with van der Waals surface area (Å²) < 4.78 is 12.2. The molecule has 0 unspecified atom stereocenters. The second-order valence-electron chi connectivity index (χ2n) is 7.45. The van der Waals surface area contributed by atoms with Crippen LogP contribution in [-0.4, -0.2) is 25.5 Å². The summed E-state index contributed by atoms with van der Waals surface area (Å²) in [6, 6.07) is 4.10. The Morgan fingerprint density at radius 1 is 1.03 bits per heavy atom. The van der Waals surface area contributed by atoms with Crippen molar-refractivity contribution in [2.24, 2.45) is 5.16 Å². The molecule has 0 bridgehead atoms. The molecule has 0 heterocycles. The number of oxime groups is 1. The molecule has 0 amide bonds. The van der Waals surface area contributed by atoms with E-state index in [0.29, 0.717) is 25.7 Å². The Morgan fingerprint density at radius 2 is 1.72 bits per heavy atom. The molecule has 0 radical (unpaired) electrons. The summed E-state index contributed by atoms with van der Waals surface area (Å²) >= 11 is 11.3. The molecule has 0 saturated carbocycles. The van der Waals surface area contributed by atoms with E-state index < -0.39 is 0 Å². The molecule has 0 aliphatic heterocycles. The SMILES string of the molecule is CCc1cc(OCC=C(Cl)Cl)cc(C(C)C)c1OCCCCCCON=C(C)C. The third-order valence-electron chi connectivity index (χ3n) is 4.28. The van der Waals surface area contributed by atoms with E-state index >= 15 is 0 Å². The summed E-state index contributed by atoms with van der Waals surface area (Å²) in [6.45, 7) is 12.1. The molecule has 0 spiro atoms. The number of unbranched alkanes of at least 4 members (excludes halogenated alkanes) is 3. The molecule has 6 heteroatoms. The fourth-order valence-electron chi connectivity index (χ4n) is 2.81. The number of benzene rings is 1. The second kappa shape index (κ2) is 14.6. The van der Waals surface area contributed by atoms with Crippen molar-refractivity contribution in [2.75, 3.05) is 19.8 Å². The topological polar surface area (TPSA) is 40.0 Å². The summed E-state index contributed by atoms with van der Waals surface area (Å²) in [5.74, 6) is 2.15. The van der Waals surface area contributed by atoms with Gasteiger partial charge in [-0.15, -0.1) is 0 Å². The van der Waals surface area contributed by atoms with Crippen molar-refractivity contribution in [1.29, 1.82) is 0 Å². The van der Waals surface area contributed by atoms with Gasteiger partial charge in [0.15, 0.2) is 0 Å². The van der Waals surface area contributed by atoms with Gasteiger partial charge in [0.05, 0.1) is 12.3 Å². The Bertz CT molecular complexity index is 664. The molecule has 1 rings (SSSR count). The lowest BCUT2D eigenvalue weighted by molar-refractivity contribution is 0.139. The molecule has 164 valence electrons. The molecule has 0 aliphatic carbocycles. The smallest absolute Gasteiger partial charge is 0.126 e. The van der Waals surface area contributed by atoms with Crippen molar-refractivity contribution < 1.29 is 14.3 Å². The Morgan fingerprint density at radius 3 is 2.31 bits per heavy atom. The molecular weight excluding hydrogens is 409 g/mol. The minimum absolute atomic E-state index is 0.213. The Hall–Kier alpha value is -1.39. The van der Waals surface area contributed by atoms with Crippen LogP contribution >= 0.6 is 23.2 Å². The quantitative estimate of drug-likeness (QED) is 0.170. The average molecular weight is 444 g/mol. The summed E-state index contributed by atoms with van der Waals surface area (Å²) in [5, 5.41) is 3.94. The normalized spacial score (nSPS) is 10.6. The van der Waals surface area contributed by atoms with Crippen molar-refractivity contribution in [1.82, 2.24) is 0 Å². The number of halogens is 2. The number of aryl methyl sites for hydroxylation is 1. The van der Waals surface area contributed by atoms with Gasteiger partial charge in [-0.2, -0.15) is 0 Å². The van der Waals surface area contributed by atoms with Crippen molar-refractivity contribution in [3.63, 3.8) is 0 Å². The van der Waals surface area contributed by atoms with Crippen molar-refractivity contribution in [3.05, 3.63) is 33.8 Å². The van der Waals surface area contributed by atoms with Gasteiger partial charge in [0.25, 0.3) is 0 Å². The first-order valence-corrected chi connectivity index (χ1v) is 11.2. The molecule has 0 fully saturated rings. The first kappa shape index (κ1) is 25.6. The molecule has 1 aromatic rings. The average Bonchev–Trinajstić information content (AvgIpc) is 2.66. The summed E-state index contributed by atoms with van der Waals surface area (Å²) in [5.41, 5.74) is 3.27. The zero-order valence-corrected chi connectivity index (χ0v) is 19.9. The minimum atomic E-state index is 0.213. The van der Waals surface area contributed by atoms with Crippen LogP contribution < -0.4 is 9.47 Å². The third kappa shape index (κ3) is 10.8. The number of ether oxygens (including phenoxy) is 2. The third-order valence-corrected chi connectivity index (χ3v) is 4.59. The van der Waals surface area contributed by atoms with E-state index in [2.05, 4.69) is 32.0 Å². The van der Waals surface area contributed by atoms with Crippen LogP contribution in [-0.2, 0) is 11.3 Å². The molecular formula is C23H35Cl2NO3. The highest BCUT2D eigenvalue weighted by Gasteiger charge is 2.15. The summed E-state index contributed by atoms with van der Waals surface area (Å²) in [6.07, 6.45) is 6.78. The van der Waals surface area contributed by atoms with E-state index in [1.165, 1.54) is 5.56 Å². The fraction of sp³-hybridized carbons (Fsp3) is 0.609. The molecule has 0 N–H and O–H groups in total. The van der Waals surface area contributed by atoms with Crippen molar-refractivity contribution >= 4 is 28.9 Å². The lowest BCUT2D eigenvalue weighted by atomic mass is 9.97. The highest BCUT2D eigenvalue weighted by Crippen LogP contribution is 2.35. The van der Waals surface area contributed by atoms with Gasteiger partial charge in [-0.05, 0) is 75.6 Å². The number of rotatable bonds is 14. The van der Waals surface area contributed by atoms with Crippen LogP contribution in [0.3, 0.4) is 0 Å². The maximum absolute atomic E-state index is 6.21. The Balaban J connectivity index is 2.58. The highest BCUT2D eigenvalue weighted by atomic mass is 35.5. The van der Waals surface area contributed by atoms with Crippen molar-refractivity contribution in [3.8, 4) is 11.5 Å². The first-order chi connectivity index (χ1) is 13.8. The summed E-state index contributed by atoms with van der Waals surface area (Å²) in [4.78, 5) is 5.22. The highest BCUT2D eigenvalue weighted by molar-refractivity contribution is 6.55. The van der Waals surface area contributed by atoms with E-state index in [1.54, 1.807) is 6.08 Å². The van der Waals surface area contributed by atoms with Crippen molar-refractivity contribution in [2.45, 2.75) is 72.6 Å². The van der Waals surface area contributed by atoms with Crippen LogP contribution in [0.2, 0.25) is 0 Å². The molecule has 0 saturated heterocycles. The van der Waals surface area contributed by atoms with Crippen LogP contribution in [0.25, 0.3) is 0 Å². The van der Waals surface area contributed by atoms with Crippen LogP contribution in [0.5, 0.6) is 11.5 Å². The maximum atomic E-state index is 6.21. The van der Waals surface area contributed by atoms with E-state index in [9.17, 15) is 0 Å². The summed E-state index contributed by atoms with van der Waals surface area (Å²) in [7, 11) is 0. The Kier molecular flexibility index (Phi) is 12.9. The number of hydrogen-bond acceptors (Lipinski definition) is 4. The first-order valence-electron chi connectivity index (χ1n) is 10.4. The van der Waals surface area contributed by atoms with Gasteiger partial charge in [-0.1, -0.05) is 49.1 Å². The standard InChI is InChI=1S/C23H35Cl2NO3/c1-6-19-15-20(27-14-11-22(24)25)16-21(17(2)3)23(19)28-12-9-7-8-10-13-29-26-18(4)5/h11,15-17H,6-10,12-14H2,1-5H3. The molecule has 0 aromatic heterocycles. The van der Waals surface area contributed by atoms with Crippen LogP contribution in [0.1, 0.15) is 77.3 Å².